The normalized spacial score (nSPS) is 53.0. The Labute approximate surface area is 90.4 Å². The molecule has 0 aromatic carbocycles. The van der Waals surface area contributed by atoms with Crippen LogP contribution >= 0.6 is 0 Å². The molecular weight excluding hydrogens is 188 g/mol. The van der Waals surface area contributed by atoms with E-state index in [1.54, 1.807) is 0 Å². The van der Waals surface area contributed by atoms with Gasteiger partial charge in [-0.15, -0.1) is 0 Å². The van der Waals surface area contributed by atoms with Crippen molar-refractivity contribution in [2.45, 2.75) is 39.2 Å². The number of hydrogen-bond donors (Lipinski definition) is 1. The molecule has 5 atom stereocenters. The lowest BCUT2D eigenvalue weighted by atomic mass is 9.45. The predicted molar refractivity (Wildman–Crippen MR) is 57.2 cm³/mol. The number of hydrogen-bond acceptors (Lipinski definition) is 2. The minimum atomic E-state index is -0.413. The molecule has 0 aromatic rings. The Hall–Kier alpha value is -0.630. The smallest absolute Gasteiger partial charge is 0.142 e. The summed E-state index contributed by atoms with van der Waals surface area (Å²) in [5.41, 5.74) is 1.35. The van der Waals surface area contributed by atoms with Crippen LogP contribution in [0.4, 0.5) is 0 Å². The van der Waals surface area contributed by atoms with Crippen molar-refractivity contribution in [2.24, 2.45) is 23.2 Å². The zero-order chi connectivity index (χ0) is 10.8. The summed E-state index contributed by atoms with van der Waals surface area (Å²) in [6, 6.07) is 0. The summed E-state index contributed by atoms with van der Waals surface area (Å²) in [6.45, 7) is 4.32. The van der Waals surface area contributed by atoms with E-state index in [-0.39, 0.29) is 23.2 Å². The largest absolute Gasteiger partial charge is 0.392 e. The molecule has 0 saturated heterocycles. The minimum Gasteiger partial charge on any atom is -0.392 e. The second kappa shape index (κ2) is 2.73. The second-order valence-corrected chi connectivity index (χ2v) is 5.76. The molecule has 0 aliphatic heterocycles. The average molecular weight is 206 g/mol. The quantitative estimate of drug-likeness (QED) is 0.615. The van der Waals surface area contributed by atoms with Crippen molar-refractivity contribution >= 4 is 5.78 Å². The molecule has 4 bridgehead atoms. The third-order valence-corrected chi connectivity index (χ3v) is 5.13. The fourth-order valence-electron chi connectivity index (χ4n) is 4.31. The van der Waals surface area contributed by atoms with Gasteiger partial charge in [-0.1, -0.05) is 18.6 Å². The fourth-order valence-corrected chi connectivity index (χ4v) is 4.31. The topological polar surface area (TPSA) is 37.3 Å². The Bertz CT molecular complexity index is 358. The molecule has 2 heteroatoms. The molecule has 2 nitrogen and oxygen atoms in total. The highest BCUT2D eigenvalue weighted by molar-refractivity contribution is 5.87. The molecule has 1 N–H and O–H groups in total. The molecular formula is C13H18O2. The molecule has 0 radical (unpaired) electrons. The molecule has 0 amide bonds. The lowest BCUT2D eigenvalue weighted by molar-refractivity contribution is -0.165. The van der Waals surface area contributed by atoms with Gasteiger partial charge in [-0.3, -0.25) is 4.79 Å². The standard InChI is InChI=1S/C13H18O2/c1-7-3-4-9-11(14)8-5-6-13(9,2)10(7)12(8)15/h3,8-10,12,15H,4-6H2,1-2H3/t8-,9-,10+,12-,13+/m0/s1. The maximum Gasteiger partial charge on any atom is 0.142 e. The zero-order valence-electron chi connectivity index (χ0n) is 9.36. The predicted octanol–water partition coefficient (Wildman–Crippen LogP) is 1.93. The van der Waals surface area contributed by atoms with Gasteiger partial charge in [0.2, 0.25) is 0 Å². The van der Waals surface area contributed by atoms with Gasteiger partial charge < -0.3 is 5.11 Å². The Morgan fingerprint density at radius 2 is 2.27 bits per heavy atom. The van der Waals surface area contributed by atoms with E-state index in [0.717, 1.165) is 19.3 Å². The van der Waals surface area contributed by atoms with Crippen LogP contribution in [0.25, 0.3) is 0 Å². The number of aliphatic hydroxyl groups is 1. The van der Waals surface area contributed by atoms with E-state index in [4.69, 9.17) is 0 Å². The van der Waals surface area contributed by atoms with Gasteiger partial charge >= 0.3 is 0 Å². The molecule has 0 spiro atoms. The van der Waals surface area contributed by atoms with Crippen LogP contribution in [0.1, 0.15) is 33.1 Å². The first-order chi connectivity index (χ1) is 7.05. The molecule has 4 aliphatic carbocycles. The average Bonchev–Trinajstić information content (AvgIpc) is 2.15. The first-order valence-corrected chi connectivity index (χ1v) is 5.94. The van der Waals surface area contributed by atoms with Crippen molar-refractivity contribution in [1.29, 1.82) is 0 Å². The van der Waals surface area contributed by atoms with Crippen molar-refractivity contribution in [3.8, 4) is 0 Å². The highest BCUT2D eigenvalue weighted by Gasteiger charge is 2.60. The van der Waals surface area contributed by atoms with Gasteiger partial charge in [0.1, 0.15) is 5.78 Å². The van der Waals surface area contributed by atoms with Gasteiger partial charge in [-0.25, -0.2) is 0 Å². The highest BCUT2D eigenvalue weighted by Crippen LogP contribution is 2.60. The first kappa shape index (κ1) is 9.59. The number of aliphatic hydroxyl groups excluding tert-OH is 1. The van der Waals surface area contributed by atoms with Gasteiger partial charge in [0.05, 0.1) is 6.10 Å². The van der Waals surface area contributed by atoms with Crippen LogP contribution in [-0.2, 0) is 4.79 Å². The van der Waals surface area contributed by atoms with Gasteiger partial charge in [0.15, 0.2) is 0 Å². The van der Waals surface area contributed by atoms with Crippen LogP contribution in [0.15, 0.2) is 11.6 Å². The summed E-state index contributed by atoms with van der Waals surface area (Å²) in [6.07, 6.45) is 4.67. The number of rotatable bonds is 0. The van der Waals surface area contributed by atoms with Gasteiger partial charge in [-0.05, 0) is 31.6 Å². The van der Waals surface area contributed by atoms with E-state index in [9.17, 15) is 9.90 Å². The lowest BCUT2D eigenvalue weighted by Gasteiger charge is -2.59. The van der Waals surface area contributed by atoms with Crippen LogP contribution in [0.2, 0.25) is 0 Å². The summed E-state index contributed by atoms with van der Waals surface area (Å²) < 4.78 is 0. The van der Waals surface area contributed by atoms with Crippen molar-refractivity contribution in [2.75, 3.05) is 0 Å². The summed E-state index contributed by atoms with van der Waals surface area (Å²) >= 11 is 0. The molecule has 4 aliphatic rings. The molecule has 0 aromatic heterocycles. The third kappa shape index (κ3) is 0.963. The third-order valence-electron chi connectivity index (χ3n) is 5.13. The molecule has 3 fully saturated rings. The number of ketones is 1. The van der Waals surface area contributed by atoms with Crippen molar-refractivity contribution < 1.29 is 9.90 Å². The van der Waals surface area contributed by atoms with Crippen LogP contribution in [0.3, 0.4) is 0 Å². The number of fused-ring (bicyclic) bond motifs is 1. The molecule has 4 rings (SSSR count). The first-order valence-electron chi connectivity index (χ1n) is 5.94. The highest BCUT2D eigenvalue weighted by atomic mass is 16.3. The van der Waals surface area contributed by atoms with E-state index in [0.29, 0.717) is 5.78 Å². The monoisotopic (exact) mass is 206 g/mol. The van der Waals surface area contributed by atoms with Crippen molar-refractivity contribution in [3.63, 3.8) is 0 Å². The van der Waals surface area contributed by atoms with Crippen molar-refractivity contribution in [1.82, 2.24) is 0 Å². The van der Waals surface area contributed by atoms with E-state index >= 15 is 0 Å². The Morgan fingerprint density at radius 1 is 1.53 bits per heavy atom. The summed E-state index contributed by atoms with van der Waals surface area (Å²) in [7, 11) is 0. The number of allylic oxidation sites excluding steroid dienone is 1. The van der Waals surface area contributed by atoms with Gasteiger partial charge in [0, 0.05) is 17.8 Å². The minimum absolute atomic E-state index is 0.0457. The van der Waals surface area contributed by atoms with Crippen LogP contribution in [-0.4, -0.2) is 17.0 Å². The van der Waals surface area contributed by atoms with Crippen LogP contribution in [0, 0.1) is 23.2 Å². The lowest BCUT2D eigenvalue weighted by Crippen LogP contribution is -2.61. The summed E-state index contributed by atoms with van der Waals surface area (Å²) in [5, 5.41) is 10.3. The molecule has 82 valence electrons. The van der Waals surface area contributed by atoms with Gasteiger partial charge in [0.25, 0.3) is 0 Å². The van der Waals surface area contributed by atoms with Crippen LogP contribution < -0.4 is 0 Å². The maximum atomic E-state index is 12.1. The molecule has 15 heavy (non-hydrogen) atoms. The Balaban J connectivity index is 2.15. The summed E-state index contributed by atoms with van der Waals surface area (Å²) in [4.78, 5) is 12.1. The number of carbonyl (C=O) groups is 1. The van der Waals surface area contributed by atoms with E-state index in [1.807, 2.05) is 0 Å². The van der Waals surface area contributed by atoms with E-state index in [1.165, 1.54) is 5.57 Å². The summed E-state index contributed by atoms with van der Waals surface area (Å²) in [5.74, 6) is 0.697. The zero-order valence-corrected chi connectivity index (χ0v) is 9.36. The molecule has 0 unspecified atom stereocenters. The fraction of sp³-hybridized carbons (Fsp3) is 0.769. The van der Waals surface area contributed by atoms with Crippen LogP contribution in [0.5, 0.6) is 0 Å². The van der Waals surface area contributed by atoms with E-state index < -0.39 is 6.10 Å². The molecule has 3 saturated carbocycles. The number of Topliss-reactive ketones (excluding diaryl/α,β-unsaturated/α-hetero) is 1. The van der Waals surface area contributed by atoms with Crippen molar-refractivity contribution in [3.05, 3.63) is 11.6 Å². The number of carbonyl (C=O) groups excluding carboxylic acids is 1. The van der Waals surface area contributed by atoms with E-state index in [2.05, 4.69) is 19.9 Å². The Kier molecular flexibility index (Phi) is 1.75. The maximum absolute atomic E-state index is 12.1. The second-order valence-electron chi connectivity index (χ2n) is 5.76. The van der Waals surface area contributed by atoms with Gasteiger partial charge in [-0.2, -0.15) is 0 Å². The SMILES string of the molecule is CC1=CC[C@H]2C(=O)[C@@H]3CC[C@@]2(C)[C@H]1[C@H]3O. The Morgan fingerprint density at radius 3 is 3.00 bits per heavy atom. The molecule has 0 heterocycles.